The molecule has 0 radical (unpaired) electrons. The van der Waals surface area contributed by atoms with Gasteiger partial charge in [-0.25, -0.2) is 0 Å². The van der Waals surface area contributed by atoms with Crippen molar-refractivity contribution in [2.45, 2.75) is 25.3 Å². The lowest BCUT2D eigenvalue weighted by atomic mass is 10.1. The van der Waals surface area contributed by atoms with E-state index in [0.717, 1.165) is 18.4 Å². The van der Waals surface area contributed by atoms with Crippen LogP contribution in [0.25, 0.3) is 0 Å². The number of rotatable bonds is 4. The molecule has 0 saturated heterocycles. The molecule has 0 spiro atoms. The molecule has 0 fully saturated rings. The van der Waals surface area contributed by atoms with Crippen molar-refractivity contribution in [1.82, 2.24) is 5.32 Å². The van der Waals surface area contributed by atoms with Gasteiger partial charge in [0.15, 0.2) is 0 Å². The van der Waals surface area contributed by atoms with Crippen molar-refractivity contribution in [3.8, 4) is 6.07 Å². The first-order chi connectivity index (χ1) is 8.74. The second-order valence-corrected chi connectivity index (χ2v) is 4.43. The summed E-state index contributed by atoms with van der Waals surface area (Å²) in [4.78, 5) is 11.6. The summed E-state index contributed by atoms with van der Waals surface area (Å²) in [5.41, 5.74) is 2.99. The predicted octanol–water partition coefficient (Wildman–Crippen LogP) is 1.70. The van der Waals surface area contributed by atoms with Crippen LogP contribution in [0.5, 0.6) is 0 Å². The average Bonchev–Trinajstić information content (AvgIpc) is 2.78. The van der Waals surface area contributed by atoms with Crippen LogP contribution in [0.2, 0.25) is 0 Å². The summed E-state index contributed by atoms with van der Waals surface area (Å²) in [6.45, 7) is 0.443. The van der Waals surface area contributed by atoms with Crippen LogP contribution >= 0.6 is 0 Å². The number of carbonyl (C=O) groups excluding carboxylic acids is 1. The molecule has 0 aromatic heterocycles. The van der Waals surface area contributed by atoms with Crippen molar-refractivity contribution in [3.63, 3.8) is 0 Å². The van der Waals surface area contributed by atoms with Crippen LogP contribution in [0.3, 0.4) is 0 Å². The molecule has 94 valence electrons. The molecule has 0 aliphatic heterocycles. The first kappa shape index (κ1) is 12.6. The van der Waals surface area contributed by atoms with E-state index in [1.54, 1.807) is 13.2 Å². The monoisotopic (exact) mass is 244 g/mol. The topological polar surface area (TPSA) is 62.1 Å². The molecule has 0 saturated carbocycles. The molecule has 4 nitrogen and oxygen atoms in total. The molecule has 1 amide bonds. The van der Waals surface area contributed by atoms with E-state index in [4.69, 9.17) is 10.00 Å². The molecule has 2 rings (SSSR count). The summed E-state index contributed by atoms with van der Waals surface area (Å²) in [6.07, 6.45) is 2.21. The minimum absolute atomic E-state index is 0.0130. The highest BCUT2D eigenvalue weighted by Crippen LogP contribution is 2.31. The van der Waals surface area contributed by atoms with E-state index in [1.807, 2.05) is 12.1 Å². The van der Waals surface area contributed by atoms with Gasteiger partial charge >= 0.3 is 0 Å². The summed E-state index contributed by atoms with van der Waals surface area (Å²) in [5, 5.41) is 11.8. The van der Waals surface area contributed by atoms with Crippen molar-refractivity contribution in [3.05, 3.63) is 34.9 Å². The molecule has 1 atom stereocenters. The smallest absolute Gasteiger partial charge is 0.222 e. The highest BCUT2D eigenvalue weighted by Gasteiger charge is 2.23. The number of nitriles is 1. The molecule has 1 N–H and O–H groups in total. The van der Waals surface area contributed by atoms with Crippen LogP contribution in [0.1, 0.15) is 35.6 Å². The standard InChI is InChI=1S/C14H16N2O2/c1-18-7-6-14(17)16-13-5-3-11-8-10(9-15)2-4-12(11)13/h2,4,8,13H,3,5-7H2,1H3,(H,16,17). The zero-order valence-electron chi connectivity index (χ0n) is 10.4. The van der Waals surface area contributed by atoms with Gasteiger partial charge in [-0.1, -0.05) is 6.07 Å². The Bertz CT molecular complexity index is 491. The van der Waals surface area contributed by atoms with Crippen LogP contribution in [0.15, 0.2) is 18.2 Å². The lowest BCUT2D eigenvalue weighted by Crippen LogP contribution is -2.27. The van der Waals surface area contributed by atoms with E-state index < -0.39 is 0 Å². The second kappa shape index (κ2) is 5.65. The van der Waals surface area contributed by atoms with Crippen molar-refractivity contribution in [2.24, 2.45) is 0 Å². The first-order valence-corrected chi connectivity index (χ1v) is 6.06. The fourth-order valence-electron chi connectivity index (χ4n) is 2.30. The Kier molecular flexibility index (Phi) is 3.96. The fraction of sp³-hybridized carbons (Fsp3) is 0.429. The highest BCUT2D eigenvalue weighted by atomic mass is 16.5. The quantitative estimate of drug-likeness (QED) is 0.876. The zero-order valence-corrected chi connectivity index (χ0v) is 10.4. The van der Waals surface area contributed by atoms with Gasteiger partial charge in [0, 0.05) is 13.5 Å². The Morgan fingerprint density at radius 1 is 1.61 bits per heavy atom. The summed E-state index contributed by atoms with van der Waals surface area (Å²) in [7, 11) is 1.58. The number of ether oxygens (including phenoxy) is 1. The number of hydrogen-bond acceptors (Lipinski definition) is 3. The zero-order chi connectivity index (χ0) is 13.0. The first-order valence-electron chi connectivity index (χ1n) is 6.06. The molecule has 1 aliphatic rings. The number of amides is 1. The molecule has 18 heavy (non-hydrogen) atoms. The van der Waals surface area contributed by atoms with E-state index in [1.165, 1.54) is 5.56 Å². The van der Waals surface area contributed by atoms with Gasteiger partial charge in [0.05, 0.1) is 24.3 Å². The normalized spacial score (nSPS) is 17.0. The number of nitrogens with one attached hydrogen (secondary N) is 1. The Morgan fingerprint density at radius 3 is 3.17 bits per heavy atom. The van der Waals surface area contributed by atoms with Crippen LogP contribution < -0.4 is 5.32 Å². The second-order valence-electron chi connectivity index (χ2n) is 4.43. The van der Waals surface area contributed by atoms with Gasteiger partial charge in [0.25, 0.3) is 0 Å². The molecule has 4 heteroatoms. The third kappa shape index (κ3) is 2.69. The molecular formula is C14H16N2O2. The number of fused-ring (bicyclic) bond motifs is 1. The molecule has 1 aliphatic carbocycles. The fourth-order valence-corrected chi connectivity index (χ4v) is 2.30. The maximum Gasteiger partial charge on any atom is 0.222 e. The minimum Gasteiger partial charge on any atom is -0.384 e. The van der Waals surface area contributed by atoms with Gasteiger partial charge in [-0.15, -0.1) is 0 Å². The summed E-state index contributed by atoms with van der Waals surface area (Å²) < 4.78 is 4.88. The van der Waals surface area contributed by atoms with Crippen molar-refractivity contribution >= 4 is 5.91 Å². The highest BCUT2D eigenvalue weighted by molar-refractivity contribution is 5.76. The number of nitrogens with zero attached hydrogens (tertiary/aromatic N) is 1. The van der Waals surface area contributed by atoms with Gasteiger partial charge in [0.1, 0.15) is 0 Å². The van der Waals surface area contributed by atoms with E-state index in [0.29, 0.717) is 18.6 Å². The lowest BCUT2D eigenvalue weighted by molar-refractivity contribution is -0.122. The molecule has 1 aromatic carbocycles. The summed E-state index contributed by atoms with van der Waals surface area (Å²) in [6, 6.07) is 7.88. The van der Waals surface area contributed by atoms with E-state index >= 15 is 0 Å². The molecule has 1 unspecified atom stereocenters. The SMILES string of the molecule is COCCC(=O)NC1CCc2cc(C#N)ccc21. The maximum atomic E-state index is 11.6. The largest absolute Gasteiger partial charge is 0.384 e. The summed E-state index contributed by atoms with van der Waals surface area (Å²) in [5.74, 6) is 0.0130. The van der Waals surface area contributed by atoms with Crippen LogP contribution in [0.4, 0.5) is 0 Å². The minimum atomic E-state index is 0.0130. The third-order valence-corrected chi connectivity index (χ3v) is 3.22. The molecule has 0 heterocycles. The van der Waals surface area contributed by atoms with Crippen molar-refractivity contribution < 1.29 is 9.53 Å². The number of methoxy groups -OCH3 is 1. The van der Waals surface area contributed by atoms with Gasteiger partial charge < -0.3 is 10.1 Å². The molecular weight excluding hydrogens is 228 g/mol. The number of aryl methyl sites for hydroxylation is 1. The Labute approximate surface area is 107 Å². The van der Waals surface area contributed by atoms with Gasteiger partial charge in [0.2, 0.25) is 5.91 Å². The van der Waals surface area contributed by atoms with E-state index in [9.17, 15) is 4.79 Å². The number of carbonyl (C=O) groups is 1. The van der Waals surface area contributed by atoms with Crippen molar-refractivity contribution in [1.29, 1.82) is 5.26 Å². The Hall–Kier alpha value is -1.86. The summed E-state index contributed by atoms with van der Waals surface area (Å²) >= 11 is 0. The van der Waals surface area contributed by atoms with E-state index in [-0.39, 0.29) is 11.9 Å². The van der Waals surface area contributed by atoms with Gasteiger partial charge in [-0.2, -0.15) is 5.26 Å². The number of hydrogen-bond donors (Lipinski definition) is 1. The van der Waals surface area contributed by atoms with Crippen LogP contribution in [-0.2, 0) is 16.0 Å². The van der Waals surface area contributed by atoms with Crippen LogP contribution in [-0.4, -0.2) is 19.6 Å². The predicted molar refractivity (Wildman–Crippen MR) is 66.9 cm³/mol. The van der Waals surface area contributed by atoms with Crippen molar-refractivity contribution in [2.75, 3.05) is 13.7 Å². The number of benzene rings is 1. The molecule has 0 bridgehead atoms. The van der Waals surface area contributed by atoms with Gasteiger partial charge in [-0.3, -0.25) is 4.79 Å². The van der Waals surface area contributed by atoms with Gasteiger partial charge in [-0.05, 0) is 36.1 Å². The third-order valence-electron chi connectivity index (χ3n) is 3.22. The lowest BCUT2D eigenvalue weighted by Gasteiger charge is -2.14. The maximum absolute atomic E-state index is 11.6. The van der Waals surface area contributed by atoms with E-state index in [2.05, 4.69) is 11.4 Å². The average molecular weight is 244 g/mol. The molecule has 1 aromatic rings. The Morgan fingerprint density at radius 2 is 2.44 bits per heavy atom. The Balaban J connectivity index is 2.03. The van der Waals surface area contributed by atoms with Crippen LogP contribution in [0, 0.1) is 11.3 Å².